The third kappa shape index (κ3) is 2.92. The van der Waals surface area contributed by atoms with Gasteiger partial charge >= 0.3 is 0 Å². The maximum atomic E-state index is 5.87. The minimum absolute atomic E-state index is 0.395. The molecule has 4 heteroatoms. The molecule has 1 saturated carbocycles. The molecule has 0 spiro atoms. The number of aromatic nitrogens is 2. The van der Waals surface area contributed by atoms with Crippen molar-refractivity contribution in [3.8, 4) is 0 Å². The number of rotatable bonds is 3. The van der Waals surface area contributed by atoms with Crippen LogP contribution < -0.4 is 11.1 Å². The number of nitrogens with two attached hydrogens (primary N) is 1. The van der Waals surface area contributed by atoms with Crippen LogP contribution in [0.4, 0.5) is 5.82 Å². The normalized spacial score (nSPS) is 25.4. The molecule has 88 valence electrons. The summed E-state index contributed by atoms with van der Waals surface area (Å²) >= 11 is 0. The van der Waals surface area contributed by atoms with Gasteiger partial charge < -0.3 is 11.1 Å². The van der Waals surface area contributed by atoms with Crippen LogP contribution in [0.3, 0.4) is 0 Å². The molecule has 1 aliphatic rings. The van der Waals surface area contributed by atoms with Gasteiger partial charge in [0.2, 0.25) is 0 Å². The maximum absolute atomic E-state index is 5.87. The Labute approximate surface area is 96.6 Å². The lowest BCUT2D eigenvalue weighted by Crippen LogP contribution is -2.33. The van der Waals surface area contributed by atoms with Crippen molar-refractivity contribution in [1.82, 2.24) is 10.2 Å². The highest BCUT2D eigenvalue weighted by Crippen LogP contribution is 2.20. The first kappa shape index (κ1) is 11.3. The standard InChI is InChI=1S/C12H20N4/c1-2-10-7-8-12(16-15-10)14-11-5-3-9(13)4-6-11/h7-9,11H,2-6,13H2,1H3,(H,14,16). The van der Waals surface area contributed by atoms with Gasteiger partial charge in [0.1, 0.15) is 5.82 Å². The average molecular weight is 220 g/mol. The van der Waals surface area contributed by atoms with Crippen molar-refractivity contribution in [3.05, 3.63) is 17.8 Å². The summed E-state index contributed by atoms with van der Waals surface area (Å²) in [5.74, 6) is 0.887. The molecule has 3 N–H and O–H groups in total. The number of nitrogens with one attached hydrogen (secondary N) is 1. The average Bonchev–Trinajstić information content (AvgIpc) is 2.33. The second-order valence-corrected chi connectivity index (χ2v) is 4.52. The summed E-state index contributed by atoms with van der Waals surface area (Å²) in [5, 5.41) is 11.7. The van der Waals surface area contributed by atoms with Gasteiger partial charge in [0.05, 0.1) is 5.69 Å². The van der Waals surface area contributed by atoms with Crippen LogP contribution in [0.15, 0.2) is 12.1 Å². The summed E-state index contributed by atoms with van der Waals surface area (Å²) in [4.78, 5) is 0. The van der Waals surface area contributed by atoms with Gasteiger partial charge in [0.15, 0.2) is 0 Å². The van der Waals surface area contributed by atoms with Crippen LogP contribution in [-0.4, -0.2) is 22.3 Å². The largest absolute Gasteiger partial charge is 0.366 e. The van der Waals surface area contributed by atoms with Gasteiger partial charge in [-0.05, 0) is 44.2 Å². The molecular weight excluding hydrogens is 200 g/mol. The fraction of sp³-hybridized carbons (Fsp3) is 0.667. The fourth-order valence-electron chi connectivity index (χ4n) is 2.10. The lowest BCUT2D eigenvalue weighted by Gasteiger charge is -2.26. The van der Waals surface area contributed by atoms with E-state index in [4.69, 9.17) is 5.73 Å². The Hall–Kier alpha value is -1.16. The number of nitrogens with zero attached hydrogens (tertiary/aromatic N) is 2. The van der Waals surface area contributed by atoms with E-state index in [1.54, 1.807) is 0 Å². The van der Waals surface area contributed by atoms with E-state index in [1.165, 1.54) is 0 Å². The van der Waals surface area contributed by atoms with Crippen molar-refractivity contribution in [1.29, 1.82) is 0 Å². The Morgan fingerprint density at radius 2 is 2.00 bits per heavy atom. The van der Waals surface area contributed by atoms with Gasteiger partial charge in [0.25, 0.3) is 0 Å². The van der Waals surface area contributed by atoms with Crippen molar-refractivity contribution < 1.29 is 0 Å². The number of hydrogen-bond acceptors (Lipinski definition) is 4. The maximum Gasteiger partial charge on any atom is 0.148 e. The fourth-order valence-corrected chi connectivity index (χ4v) is 2.10. The van der Waals surface area contributed by atoms with Crippen LogP contribution >= 0.6 is 0 Å². The first-order valence-corrected chi connectivity index (χ1v) is 6.12. The van der Waals surface area contributed by atoms with Gasteiger partial charge in [-0.25, -0.2) is 0 Å². The van der Waals surface area contributed by atoms with Crippen molar-refractivity contribution in [3.63, 3.8) is 0 Å². The number of anilines is 1. The van der Waals surface area contributed by atoms with Crippen LogP contribution in [0.1, 0.15) is 38.3 Å². The number of aryl methyl sites for hydroxylation is 1. The molecule has 1 aromatic rings. The highest BCUT2D eigenvalue weighted by molar-refractivity contribution is 5.34. The Balaban J connectivity index is 1.88. The molecule has 0 amide bonds. The lowest BCUT2D eigenvalue weighted by atomic mass is 9.92. The predicted octanol–water partition coefficient (Wildman–Crippen LogP) is 1.72. The molecule has 0 radical (unpaired) electrons. The molecule has 1 aliphatic carbocycles. The minimum Gasteiger partial charge on any atom is -0.366 e. The van der Waals surface area contributed by atoms with Gasteiger partial charge in [-0.3, -0.25) is 0 Å². The van der Waals surface area contributed by atoms with E-state index in [-0.39, 0.29) is 0 Å². The zero-order valence-corrected chi connectivity index (χ0v) is 9.82. The quantitative estimate of drug-likeness (QED) is 0.814. The Bertz CT molecular complexity index is 314. The van der Waals surface area contributed by atoms with E-state index >= 15 is 0 Å². The smallest absolute Gasteiger partial charge is 0.148 e. The third-order valence-electron chi connectivity index (χ3n) is 3.21. The topological polar surface area (TPSA) is 63.8 Å². The van der Waals surface area contributed by atoms with Gasteiger partial charge in [-0.1, -0.05) is 6.92 Å². The van der Waals surface area contributed by atoms with Crippen molar-refractivity contribution in [2.45, 2.75) is 51.1 Å². The summed E-state index contributed by atoms with van der Waals surface area (Å²) in [5.41, 5.74) is 6.91. The van der Waals surface area contributed by atoms with E-state index in [0.29, 0.717) is 12.1 Å². The zero-order chi connectivity index (χ0) is 11.4. The summed E-state index contributed by atoms with van der Waals surface area (Å²) < 4.78 is 0. The second kappa shape index (κ2) is 5.25. The summed E-state index contributed by atoms with van der Waals surface area (Å²) in [7, 11) is 0. The molecule has 0 bridgehead atoms. The molecule has 0 aliphatic heterocycles. The molecule has 0 aromatic carbocycles. The van der Waals surface area contributed by atoms with E-state index in [2.05, 4.69) is 22.4 Å². The SMILES string of the molecule is CCc1ccc(NC2CCC(N)CC2)nn1. The second-order valence-electron chi connectivity index (χ2n) is 4.52. The summed E-state index contributed by atoms with van der Waals surface area (Å²) in [6.07, 6.45) is 5.43. The highest BCUT2D eigenvalue weighted by Gasteiger charge is 2.18. The molecule has 0 saturated heterocycles. The molecule has 1 heterocycles. The van der Waals surface area contributed by atoms with E-state index in [9.17, 15) is 0 Å². The van der Waals surface area contributed by atoms with Crippen LogP contribution in [0.5, 0.6) is 0 Å². The first-order chi connectivity index (χ1) is 7.78. The molecule has 16 heavy (non-hydrogen) atoms. The summed E-state index contributed by atoms with van der Waals surface area (Å²) in [6.45, 7) is 2.08. The Morgan fingerprint density at radius 3 is 2.56 bits per heavy atom. The molecule has 4 nitrogen and oxygen atoms in total. The van der Waals surface area contributed by atoms with Crippen LogP contribution in [-0.2, 0) is 6.42 Å². The molecular formula is C12H20N4. The van der Waals surface area contributed by atoms with E-state index < -0.39 is 0 Å². The zero-order valence-electron chi connectivity index (χ0n) is 9.82. The van der Waals surface area contributed by atoms with Crippen molar-refractivity contribution >= 4 is 5.82 Å². The first-order valence-electron chi connectivity index (χ1n) is 6.12. The van der Waals surface area contributed by atoms with Crippen molar-refractivity contribution in [2.75, 3.05) is 5.32 Å². The Morgan fingerprint density at radius 1 is 1.25 bits per heavy atom. The molecule has 1 fully saturated rings. The van der Waals surface area contributed by atoms with Gasteiger partial charge in [-0.15, -0.1) is 5.10 Å². The number of hydrogen-bond donors (Lipinski definition) is 2. The molecule has 2 rings (SSSR count). The monoisotopic (exact) mass is 220 g/mol. The predicted molar refractivity (Wildman–Crippen MR) is 65.3 cm³/mol. The van der Waals surface area contributed by atoms with Crippen LogP contribution in [0.25, 0.3) is 0 Å². The minimum atomic E-state index is 0.395. The highest BCUT2D eigenvalue weighted by atomic mass is 15.2. The Kier molecular flexibility index (Phi) is 3.72. The molecule has 0 atom stereocenters. The van der Waals surface area contributed by atoms with Crippen LogP contribution in [0.2, 0.25) is 0 Å². The van der Waals surface area contributed by atoms with Gasteiger partial charge in [0, 0.05) is 12.1 Å². The lowest BCUT2D eigenvalue weighted by molar-refractivity contribution is 0.410. The third-order valence-corrected chi connectivity index (χ3v) is 3.21. The van der Waals surface area contributed by atoms with Crippen LogP contribution in [0, 0.1) is 0 Å². The van der Waals surface area contributed by atoms with Gasteiger partial charge in [-0.2, -0.15) is 5.10 Å². The molecule has 0 unspecified atom stereocenters. The van der Waals surface area contributed by atoms with E-state index in [0.717, 1.165) is 43.6 Å². The van der Waals surface area contributed by atoms with Crippen molar-refractivity contribution in [2.24, 2.45) is 5.73 Å². The van der Waals surface area contributed by atoms with E-state index in [1.807, 2.05) is 12.1 Å². The molecule has 1 aromatic heterocycles. The summed E-state index contributed by atoms with van der Waals surface area (Å²) in [6, 6.07) is 4.96.